The maximum atomic E-state index is 5.97. The Bertz CT molecular complexity index is 334. The van der Waals surface area contributed by atoms with Gasteiger partial charge in [0.15, 0.2) is 0 Å². The van der Waals surface area contributed by atoms with E-state index < -0.39 is 0 Å². The van der Waals surface area contributed by atoms with Gasteiger partial charge in [-0.2, -0.15) is 11.8 Å². The molecule has 1 atom stereocenters. The molecule has 0 bridgehead atoms. The first-order valence-electron chi connectivity index (χ1n) is 5.01. The predicted octanol–water partition coefficient (Wildman–Crippen LogP) is 1.95. The van der Waals surface area contributed by atoms with Gasteiger partial charge in [-0.25, -0.2) is 9.97 Å². The fourth-order valence-corrected chi connectivity index (χ4v) is 3.16. The van der Waals surface area contributed by atoms with E-state index in [1.165, 1.54) is 0 Å². The molecule has 1 fully saturated rings. The zero-order chi connectivity index (χ0) is 10.7. The number of aromatic nitrogens is 2. The minimum Gasteiger partial charge on any atom is -0.351 e. The van der Waals surface area contributed by atoms with Crippen molar-refractivity contribution in [2.24, 2.45) is 0 Å². The predicted molar refractivity (Wildman–Crippen MR) is 65.9 cm³/mol. The second kappa shape index (κ2) is 5.03. The van der Waals surface area contributed by atoms with Gasteiger partial charge in [-0.1, -0.05) is 0 Å². The first kappa shape index (κ1) is 11.0. The minimum atomic E-state index is 0.403. The van der Waals surface area contributed by atoms with E-state index in [0.717, 1.165) is 29.7 Å². The minimum absolute atomic E-state index is 0.403. The van der Waals surface area contributed by atoms with Crippen molar-refractivity contribution in [3.8, 4) is 0 Å². The van der Waals surface area contributed by atoms with Gasteiger partial charge in [0.05, 0.1) is 6.04 Å². The number of thioether (sulfide) groups is 1. The van der Waals surface area contributed by atoms with Crippen LogP contribution in [0.5, 0.6) is 0 Å². The van der Waals surface area contributed by atoms with Crippen LogP contribution in [0.15, 0.2) is 12.3 Å². The Morgan fingerprint density at radius 1 is 1.67 bits per heavy atom. The average Bonchev–Trinajstić information content (AvgIpc) is 2.29. The molecule has 1 aromatic rings. The molecule has 2 heterocycles. The van der Waals surface area contributed by atoms with Gasteiger partial charge in [-0.15, -0.1) is 11.6 Å². The molecule has 0 amide bonds. The van der Waals surface area contributed by atoms with Gasteiger partial charge in [0.1, 0.15) is 11.6 Å². The largest absolute Gasteiger partial charge is 0.351 e. The number of anilines is 1. The fourth-order valence-electron chi connectivity index (χ4n) is 1.69. The summed E-state index contributed by atoms with van der Waals surface area (Å²) in [5, 5.41) is 0. The Labute approximate surface area is 99.2 Å². The van der Waals surface area contributed by atoms with Gasteiger partial charge in [-0.3, -0.25) is 0 Å². The zero-order valence-corrected chi connectivity index (χ0v) is 10.3. The molecule has 0 saturated carbocycles. The summed E-state index contributed by atoms with van der Waals surface area (Å²) in [6.07, 6.45) is 1.81. The number of alkyl halides is 1. The van der Waals surface area contributed by atoms with Gasteiger partial charge < -0.3 is 4.90 Å². The Hall–Kier alpha value is -0.480. The number of hydrogen-bond donors (Lipinski definition) is 0. The van der Waals surface area contributed by atoms with E-state index in [9.17, 15) is 0 Å². The van der Waals surface area contributed by atoms with Crippen molar-refractivity contribution in [3.05, 3.63) is 18.1 Å². The van der Waals surface area contributed by atoms with E-state index in [1.807, 2.05) is 30.9 Å². The third-order valence-corrected chi connectivity index (χ3v) is 3.91. The quantitative estimate of drug-likeness (QED) is 0.743. The topological polar surface area (TPSA) is 29.0 Å². The monoisotopic (exact) mass is 243 g/mol. The number of nitrogens with zero attached hydrogens (tertiary/aromatic N) is 3. The molecule has 1 aromatic heterocycles. The van der Waals surface area contributed by atoms with Crippen LogP contribution in [0.1, 0.15) is 5.82 Å². The first-order valence-corrected chi connectivity index (χ1v) is 6.70. The van der Waals surface area contributed by atoms with Crippen molar-refractivity contribution >= 4 is 29.2 Å². The summed E-state index contributed by atoms with van der Waals surface area (Å²) in [7, 11) is 0. The maximum Gasteiger partial charge on any atom is 0.132 e. The summed E-state index contributed by atoms with van der Waals surface area (Å²) in [5.74, 6) is 4.73. The molecule has 2 rings (SSSR count). The molecule has 0 aliphatic carbocycles. The average molecular weight is 244 g/mol. The van der Waals surface area contributed by atoms with Gasteiger partial charge in [-0.05, 0) is 13.0 Å². The molecule has 0 spiro atoms. The molecule has 15 heavy (non-hydrogen) atoms. The van der Waals surface area contributed by atoms with E-state index >= 15 is 0 Å². The molecule has 1 aliphatic rings. The lowest BCUT2D eigenvalue weighted by Gasteiger charge is -2.35. The third-order valence-electron chi connectivity index (χ3n) is 2.46. The smallest absolute Gasteiger partial charge is 0.132 e. The highest BCUT2D eigenvalue weighted by Gasteiger charge is 2.22. The van der Waals surface area contributed by atoms with Crippen molar-refractivity contribution in [3.63, 3.8) is 0 Å². The number of hydrogen-bond acceptors (Lipinski definition) is 4. The first-order chi connectivity index (χ1) is 7.31. The van der Waals surface area contributed by atoms with Crippen LogP contribution in [-0.2, 0) is 0 Å². The highest BCUT2D eigenvalue weighted by atomic mass is 35.5. The van der Waals surface area contributed by atoms with E-state index in [4.69, 9.17) is 11.6 Å². The van der Waals surface area contributed by atoms with Crippen LogP contribution in [-0.4, -0.2) is 39.9 Å². The fraction of sp³-hybridized carbons (Fsp3) is 0.600. The Morgan fingerprint density at radius 3 is 3.27 bits per heavy atom. The van der Waals surface area contributed by atoms with Crippen molar-refractivity contribution in [1.29, 1.82) is 0 Å². The number of rotatable bonds is 2. The zero-order valence-electron chi connectivity index (χ0n) is 8.69. The van der Waals surface area contributed by atoms with Crippen LogP contribution in [0, 0.1) is 6.92 Å². The molecule has 1 unspecified atom stereocenters. The number of halogens is 1. The normalized spacial score (nSPS) is 21.7. The molecule has 0 N–H and O–H groups in total. The van der Waals surface area contributed by atoms with Crippen molar-refractivity contribution < 1.29 is 0 Å². The van der Waals surface area contributed by atoms with E-state index in [1.54, 1.807) is 0 Å². The lowest BCUT2D eigenvalue weighted by molar-refractivity contribution is 0.691. The van der Waals surface area contributed by atoms with E-state index in [-0.39, 0.29) is 0 Å². The van der Waals surface area contributed by atoms with Crippen molar-refractivity contribution in [2.45, 2.75) is 13.0 Å². The third kappa shape index (κ3) is 2.55. The van der Waals surface area contributed by atoms with Crippen LogP contribution >= 0.6 is 23.4 Å². The Morgan fingerprint density at radius 2 is 2.53 bits per heavy atom. The van der Waals surface area contributed by atoms with Gasteiger partial charge in [0, 0.05) is 30.1 Å². The van der Waals surface area contributed by atoms with Gasteiger partial charge >= 0.3 is 0 Å². The van der Waals surface area contributed by atoms with Crippen LogP contribution in [0.2, 0.25) is 0 Å². The van der Waals surface area contributed by atoms with Gasteiger partial charge in [0.25, 0.3) is 0 Å². The summed E-state index contributed by atoms with van der Waals surface area (Å²) in [4.78, 5) is 10.8. The molecule has 1 aliphatic heterocycles. The molecule has 0 aromatic carbocycles. The summed E-state index contributed by atoms with van der Waals surface area (Å²) in [5.41, 5.74) is 0. The van der Waals surface area contributed by atoms with Crippen LogP contribution in [0.25, 0.3) is 0 Å². The van der Waals surface area contributed by atoms with E-state index in [2.05, 4.69) is 14.9 Å². The molecule has 5 heteroatoms. The van der Waals surface area contributed by atoms with E-state index in [0.29, 0.717) is 11.9 Å². The highest BCUT2D eigenvalue weighted by Crippen LogP contribution is 2.22. The molecule has 0 radical (unpaired) electrons. The summed E-state index contributed by atoms with van der Waals surface area (Å²) < 4.78 is 0. The Kier molecular flexibility index (Phi) is 3.70. The lowest BCUT2D eigenvalue weighted by Crippen LogP contribution is -2.44. The molecular formula is C10H14ClN3S. The SMILES string of the molecule is Cc1nccc(N2CCSCC2CCl)n1. The second-order valence-corrected chi connectivity index (χ2v) is 5.00. The maximum absolute atomic E-state index is 5.97. The molecule has 3 nitrogen and oxygen atoms in total. The molecular weight excluding hydrogens is 230 g/mol. The van der Waals surface area contributed by atoms with Crippen molar-refractivity contribution in [2.75, 3.05) is 28.8 Å². The number of aryl methyl sites for hydroxylation is 1. The van der Waals surface area contributed by atoms with Crippen LogP contribution in [0.3, 0.4) is 0 Å². The van der Waals surface area contributed by atoms with Crippen LogP contribution in [0.4, 0.5) is 5.82 Å². The van der Waals surface area contributed by atoms with Crippen LogP contribution < -0.4 is 4.90 Å². The summed E-state index contributed by atoms with van der Waals surface area (Å²) in [6, 6.07) is 2.36. The van der Waals surface area contributed by atoms with Gasteiger partial charge in [0.2, 0.25) is 0 Å². The highest BCUT2D eigenvalue weighted by molar-refractivity contribution is 7.99. The summed E-state index contributed by atoms with van der Waals surface area (Å²) in [6.45, 7) is 2.94. The second-order valence-electron chi connectivity index (χ2n) is 3.54. The summed E-state index contributed by atoms with van der Waals surface area (Å²) >= 11 is 7.93. The molecule has 82 valence electrons. The lowest BCUT2D eigenvalue weighted by atomic mass is 10.3. The Balaban J connectivity index is 2.20. The van der Waals surface area contributed by atoms with Crippen molar-refractivity contribution in [1.82, 2.24) is 9.97 Å². The standard InChI is InChI=1S/C10H14ClN3S/c1-8-12-3-2-10(13-8)14-4-5-15-7-9(14)6-11/h2-3,9H,4-7H2,1H3. The molecule has 1 saturated heterocycles.